The van der Waals surface area contributed by atoms with Crippen LogP contribution in [0.5, 0.6) is 6.01 Å². The summed E-state index contributed by atoms with van der Waals surface area (Å²) in [5.74, 6) is -0.936. The van der Waals surface area contributed by atoms with Crippen LogP contribution in [0.25, 0.3) is 32.9 Å². The third-order valence-electron chi connectivity index (χ3n) is 6.98. The second-order valence-electron chi connectivity index (χ2n) is 11.1. The number of carbonyl (C=O) groups is 1. The van der Waals surface area contributed by atoms with Gasteiger partial charge in [-0.15, -0.1) is 0 Å². The predicted octanol–water partition coefficient (Wildman–Crippen LogP) is 6.14. The number of carbonyl (C=O) groups excluding carboxylic acids is 1. The van der Waals surface area contributed by atoms with Crippen LogP contribution in [0.4, 0.5) is 19.4 Å². The second kappa shape index (κ2) is 11.3. The van der Waals surface area contributed by atoms with E-state index in [1.165, 1.54) is 12.3 Å². The molecule has 3 aromatic heterocycles. The number of nitrogens with one attached hydrogen (secondary N) is 1. The van der Waals surface area contributed by atoms with Crippen molar-refractivity contribution >= 4 is 45.2 Å². The zero-order chi connectivity index (χ0) is 30.3. The second-order valence-corrected chi connectivity index (χ2v) is 11.5. The van der Waals surface area contributed by atoms with Gasteiger partial charge in [-0.3, -0.25) is 10.1 Å². The number of fused-ring (bicyclic) bond motifs is 2. The maximum Gasteiger partial charge on any atom is 0.410 e. The van der Waals surface area contributed by atoms with Gasteiger partial charge in [-0.05, 0) is 38.3 Å². The van der Waals surface area contributed by atoms with Gasteiger partial charge in [0.05, 0.1) is 16.1 Å². The van der Waals surface area contributed by atoms with Crippen LogP contribution in [0.15, 0.2) is 48.8 Å². The van der Waals surface area contributed by atoms with E-state index < -0.39 is 23.3 Å². The Morgan fingerprint density at radius 3 is 2.58 bits per heavy atom. The van der Waals surface area contributed by atoms with Gasteiger partial charge in [0.1, 0.15) is 35.1 Å². The van der Waals surface area contributed by atoms with Crippen LogP contribution in [0.3, 0.4) is 0 Å². The quantitative estimate of drug-likeness (QED) is 0.254. The third-order valence-corrected chi connectivity index (χ3v) is 7.35. The van der Waals surface area contributed by atoms with Crippen molar-refractivity contribution in [2.24, 2.45) is 0 Å². The van der Waals surface area contributed by atoms with Crippen molar-refractivity contribution in [3.05, 3.63) is 71.1 Å². The fourth-order valence-electron chi connectivity index (χ4n) is 4.96. The van der Waals surface area contributed by atoms with Gasteiger partial charge in [0.25, 0.3) is 0 Å². The van der Waals surface area contributed by atoms with E-state index in [1.54, 1.807) is 41.4 Å². The van der Waals surface area contributed by atoms with Crippen LogP contribution in [0, 0.1) is 11.6 Å². The van der Waals surface area contributed by atoms with Crippen LogP contribution < -0.4 is 9.64 Å². The SMILES string of the molecule is CC(C)(C)OC(=O)N1CCN(c2nc(OCc3ccn[nH]3)nc3c(F)c(-c4cccc5ccc(F)c(Cl)c45)ncc23)CC1. The zero-order valence-corrected chi connectivity index (χ0v) is 24.5. The number of ether oxygens (including phenoxy) is 2. The van der Waals surface area contributed by atoms with Gasteiger partial charge in [0.15, 0.2) is 5.82 Å². The van der Waals surface area contributed by atoms with Crippen molar-refractivity contribution in [1.29, 1.82) is 0 Å². The average molecular weight is 608 g/mol. The lowest BCUT2D eigenvalue weighted by atomic mass is 10.0. The number of aromatic nitrogens is 5. The molecule has 2 aromatic carbocycles. The molecule has 1 N–H and O–H groups in total. The lowest BCUT2D eigenvalue weighted by Crippen LogP contribution is -2.50. The molecular weight excluding hydrogens is 580 g/mol. The van der Waals surface area contributed by atoms with Crippen LogP contribution in [-0.2, 0) is 11.3 Å². The van der Waals surface area contributed by atoms with E-state index in [0.717, 1.165) is 0 Å². The van der Waals surface area contributed by atoms with E-state index in [2.05, 4.69) is 25.1 Å². The van der Waals surface area contributed by atoms with Crippen molar-refractivity contribution in [1.82, 2.24) is 30.0 Å². The minimum atomic E-state index is -0.729. The Bertz CT molecular complexity index is 1820. The molecule has 6 rings (SSSR count). The lowest BCUT2D eigenvalue weighted by Gasteiger charge is -2.36. The number of halogens is 3. The summed E-state index contributed by atoms with van der Waals surface area (Å²) in [4.78, 5) is 29.7. The Labute approximate surface area is 250 Å². The van der Waals surface area contributed by atoms with Gasteiger partial charge in [-0.25, -0.2) is 13.6 Å². The van der Waals surface area contributed by atoms with Gasteiger partial charge >= 0.3 is 12.1 Å². The van der Waals surface area contributed by atoms with E-state index in [4.69, 9.17) is 21.1 Å². The maximum atomic E-state index is 16.4. The van der Waals surface area contributed by atoms with Crippen LogP contribution >= 0.6 is 11.6 Å². The van der Waals surface area contributed by atoms with Gasteiger partial charge in [-0.2, -0.15) is 15.1 Å². The molecule has 1 saturated heterocycles. The molecule has 5 aromatic rings. The third kappa shape index (κ3) is 5.74. The number of piperazine rings is 1. The van der Waals surface area contributed by atoms with Crippen molar-refractivity contribution in [2.75, 3.05) is 31.1 Å². The molecule has 0 unspecified atom stereocenters. The minimum absolute atomic E-state index is 0.0197. The Balaban J connectivity index is 1.41. The molecule has 0 saturated carbocycles. The van der Waals surface area contributed by atoms with Gasteiger partial charge in [-0.1, -0.05) is 35.9 Å². The van der Waals surface area contributed by atoms with Crippen LogP contribution in [0.1, 0.15) is 26.5 Å². The molecule has 1 fully saturated rings. The molecule has 1 aliphatic heterocycles. The molecule has 4 heterocycles. The highest BCUT2D eigenvalue weighted by Gasteiger charge is 2.29. The zero-order valence-electron chi connectivity index (χ0n) is 23.7. The Morgan fingerprint density at radius 1 is 1.07 bits per heavy atom. The number of rotatable bonds is 5. The molecule has 13 heteroatoms. The molecule has 0 bridgehead atoms. The molecule has 1 amide bonds. The number of aromatic amines is 1. The Hall–Kier alpha value is -4.58. The molecule has 43 heavy (non-hydrogen) atoms. The molecular formula is C30H28ClF2N7O3. The predicted molar refractivity (Wildman–Crippen MR) is 158 cm³/mol. The van der Waals surface area contributed by atoms with Crippen molar-refractivity contribution < 1.29 is 23.0 Å². The molecule has 0 spiro atoms. The number of nitrogens with zero attached hydrogens (tertiary/aromatic N) is 6. The topological polar surface area (TPSA) is 109 Å². The highest BCUT2D eigenvalue weighted by Crippen LogP contribution is 2.38. The summed E-state index contributed by atoms with van der Waals surface area (Å²) >= 11 is 6.34. The maximum absolute atomic E-state index is 16.4. The van der Waals surface area contributed by atoms with Gasteiger partial charge in [0, 0.05) is 49.5 Å². The molecule has 10 nitrogen and oxygen atoms in total. The highest BCUT2D eigenvalue weighted by molar-refractivity contribution is 6.36. The van der Waals surface area contributed by atoms with Crippen molar-refractivity contribution in [2.45, 2.75) is 33.0 Å². The number of pyridine rings is 1. The molecule has 222 valence electrons. The molecule has 0 atom stereocenters. The monoisotopic (exact) mass is 607 g/mol. The summed E-state index contributed by atoms with van der Waals surface area (Å²) < 4.78 is 42.2. The fraction of sp³-hybridized carbons (Fsp3) is 0.300. The highest BCUT2D eigenvalue weighted by atomic mass is 35.5. The number of amides is 1. The van der Waals surface area contributed by atoms with Crippen molar-refractivity contribution in [3.63, 3.8) is 0 Å². The van der Waals surface area contributed by atoms with Crippen LogP contribution in [-0.4, -0.2) is 67.9 Å². The van der Waals surface area contributed by atoms with Crippen LogP contribution in [0.2, 0.25) is 5.02 Å². The largest absolute Gasteiger partial charge is 0.457 e. The minimum Gasteiger partial charge on any atom is -0.457 e. The Morgan fingerprint density at radius 2 is 1.86 bits per heavy atom. The Kier molecular flexibility index (Phi) is 7.47. The first-order valence-electron chi connectivity index (χ1n) is 13.7. The average Bonchev–Trinajstić information content (AvgIpc) is 3.51. The normalized spacial score (nSPS) is 14.0. The summed E-state index contributed by atoms with van der Waals surface area (Å²) in [6, 6.07) is 9.67. The fourth-order valence-corrected chi connectivity index (χ4v) is 5.23. The van der Waals surface area contributed by atoms with E-state index in [-0.39, 0.29) is 28.9 Å². The lowest BCUT2D eigenvalue weighted by molar-refractivity contribution is 0.0240. The van der Waals surface area contributed by atoms with E-state index in [1.807, 2.05) is 25.7 Å². The number of hydrogen-bond donors (Lipinski definition) is 1. The van der Waals surface area contributed by atoms with E-state index in [9.17, 15) is 9.18 Å². The van der Waals surface area contributed by atoms with Crippen molar-refractivity contribution in [3.8, 4) is 17.3 Å². The summed E-state index contributed by atoms with van der Waals surface area (Å²) in [5, 5.41) is 7.94. The molecule has 0 radical (unpaired) electrons. The summed E-state index contributed by atoms with van der Waals surface area (Å²) in [5.41, 5.74) is 0.337. The smallest absolute Gasteiger partial charge is 0.410 e. The number of benzene rings is 2. The summed E-state index contributed by atoms with van der Waals surface area (Å²) in [6.45, 7) is 7.10. The van der Waals surface area contributed by atoms with Gasteiger partial charge < -0.3 is 19.3 Å². The summed E-state index contributed by atoms with van der Waals surface area (Å²) in [7, 11) is 0. The molecule has 1 aliphatic rings. The first kappa shape index (κ1) is 28.5. The van der Waals surface area contributed by atoms with Gasteiger partial charge in [0.2, 0.25) is 0 Å². The number of anilines is 1. The molecule has 0 aliphatic carbocycles. The first-order valence-corrected chi connectivity index (χ1v) is 14.0. The standard InChI is InChI=1S/C30H28ClF2N7O3/c1-30(2,3)43-29(41)40-13-11-39(12-14-40)27-20-15-34-25(19-6-4-5-17-7-8-21(32)23(31)22(17)19)24(33)26(20)36-28(37-27)42-16-18-9-10-35-38-18/h4-10,15H,11-14,16H2,1-3H3,(H,35,38). The number of H-pyrrole nitrogens is 1. The van der Waals surface area contributed by atoms with E-state index >= 15 is 4.39 Å². The first-order chi connectivity index (χ1) is 20.6. The number of hydrogen-bond acceptors (Lipinski definition) is 8. The summed E-state index contributed by atoms with van der Waals surface area (Å²) in [6.07, 6.45) is 2.69. The van der Waals surface area contributed by atoms with E-state index in [0.29, 0.717) is 59.4 Å².